The number of thiocarbonyl (C=S) groups is 1. The van der Waals surface area contributed by atoms with E-state index in [9.17, 15) is 8.42 Å². The van der Waals surface area contributed by atoms with Crippen molar-refractivity contribution in [1.82, 2.24) is 5.32 Å². The van der Waals surface area contributed by atoms with Crippen molar-refractivity contribution in [3.63, 3.8) is 0 Å². The van der Waals surface area contributed by atoms with Gasteiger partial charge in [0.25, 0.3) is 10.0 Å². The number of methoxy groups -OCH3 is 1. The monoisotopic (exact) mass is 492 g/mol. The molecule has 180 valence electrons. The molecule has 1 saturated heterocycles. The van der Waals surface area contributed by atoms with Crippen LogP contribution in [0.5, 0.6) is 5.75 Å². The van der Waals surface area contributed by atoms with Crippen molar-refractivity contribution in [2.45, 2.75) is 31.1 Å². The van der Waals surface area contributed by atoms with Gasteiger partial charge in [0.1, 0.15) is 5.75 Å². The number of benzene rings is 2. The maximum atomic E-state index is 13.1. The van der Waals surface area contributed by atoms with Crippen LogP contribution < -0.4 is 25.0 Å². The van der Waals surface area contributed by atoms with E-state index in [4.69, 9.17) is 21.7 Å². The Morgan fingerprint density at radius 3 is 2.52 bits per heavy atom. The minimum absolute atomic E-state index is 0.155. The van der Waals surface area contributed by atoms with Crippen molar-refractivity contribution in [2.24, 2.45) is 0 Å². The van der Waals surface area contributed by atoms with E-state index in [2.05, 4.69) is 20.3 Å². The molecule has 1 fully saturated rings. The van der Waals surface area contributed by atoms with Crippen LogP contribution in [0.4, 0.5) is 17.1 Å². The molecule has 1 aliphatic rings. The van der Waals surface area contributed by atoms with Crippen molar-refractivity contribution in [2.75, 3.05) is 54.9 Å². The largest absolute Gasteiger partial charge is 0.497 e. The minimum atomic E-state index is -3.79. The van der Waals surface area contributed by atoms with Gasteiger partial charge in [0.05, 0.1) is 23.4 Å². The molecule has 0 aliphatic carbocycles. The molecule has 8 nitrogen and oxygen atoms in total. The van der Waals surface area contributed by atoms with Crippen molar-refractivity contribution >= 4 is 44.4 Å². The summed E-state index contributed by atoms with van der Waals surface area (Å²) in [5.74, 6) is 0.654. The smallest absolute Gasteiger partial charge is 0.261 e. The second-order valence-electron chi connectivity index (χ2n) is 7.64. The van der Waals surface area contributed by atoms with Gasteiger partial charge in [-0.3, -0.25) is 4.72 Å². The lowest BCUT2D eigenvalue weighted by atomic mass is 10.2. The summed E-state index contributed by atoms with van der Waals surface area (Å²) in [7, 11) is -2.22. The molecule has 10 heteroatoms. The lowest BCUT2D eigenvalue weighted by Gasteiger charge is -2.23. The Bertz CT molecular complexity index is 1020. The molecule has 2 aromatic carbocycles. The summed E-state index contributed by atoms with van der Waals surface area (Å²) in [5.41, 5.74) is 2.06. The van der Waals surface area contributed by atoms with E-state index in [0.717, 1.165) is 38.0 Å². The first-order valence-electron chi connectivity index (χ1n) is 11.1. The molecule has 1 aliphatic heterocycles. The van der Waals surface area contributed by atoms with E-state index in [1.165, 1.54) is 0 Å². The predicted molar refractivity (Wildman–Crippen MR) is 137 cm³/mol. The lowest BCUT2D eigenvalue weighted by Crippen LogP contribution is -2.31. The van der Waals surface area contributed by atoms with Gasteiger partial charge in [-0.15, -0.1) is 0 Å². The van der Waals surface area contributed by atoms with Gasteiger partial charge in [-0.05, 0) is 80.9 Å². The molecule has 0 bridgehead atoms. The van der Waals surface area contributed by atoms with Gasteiger partial charge in [0.2, 0.25) is 0 Å². The number of rotatable bonds is 11. The van der Waals surface area contributed by atoms with Gasteiger partial charge in [0.15, 0.2) is 5.11 Å². The zero-order valence-electron chi connectivity index (χ0n) is 19.1. The van der Waals surface area contributed by atoms with Crippen molar-refractivity contribution < 1.29 is 17.9 Å². The Morgan fingerprint density at radius 1 is 1.12 bits per heavy atom. The van der Waals surface area contributed by atoms with Gasteiger partial charge in [-0.25, -0.2) is 8.42 Å². The van der Waals surface area contributed by atoms with Crippen LogP contribution in [0.3, 0.4) is 0 Å². The summed E-state index contributed by atoms with van der Waals surface area (Å²) >= 11 is 5.46. The standard InChI is InChI=1S/C23H32N4O4S2/c1-3-31-16-6-13-24-23(32)25-21-17-20(11-12-22(21)27-14-4-5-15-27)33(28,29)26-18-7-9-19(30-2)10-8-18/h7-12,17,26H,3-6,13-16H2,1-2H3,(H2,24,25,32). The molecule has 1 heterocycles. The van der Waals surface area contributed by atoms with Crippen LogP contribution in [-0.2, 0) is 14.8 Å². The Hall–Kier alpha value is -2.56. The van der Waals surface area contributed by atoms with Crippen LogP contribution >= 0.6 is 12.2 Å². The third-order valence-electron chi connectivity index (χ3n) is 5.27. The van der Waals surface area contributed by atoms with Crippen LogP contribution in [0.1, 0.15) is 26.2 Å². The van der Waals surface area contributed by atoms with E-state index in [1.54, 1.807) is 43.5 Å². The average molecular weight is 493 g/mol. The van der Waals surface area contributed by atoms with E-state index >= 15 is 0 Å². The topological polar surface area (TPSA) is 91.9 Å². The predicted octanol–water partition coefficient (Wildman–Crippen LogP) is 3.81. The number of ether oxygens (including phenoxy) is 2. The van der Waals surface area contributed by atoms with E-state index < -0.39 is 10.0 Å². The number of hydrogen-bond donors (Lipinski definition) is 3. The first-order valence-corrected chi connectivity index (χ1v) is 13.0. The third-order valence-corrected chi connectivity index (χ3v) is 6.90. The number of hydrogen-bond acceptors (Lipinski definition) is 6. The van der Waals surface area contributed by atoms with Gasteiger partial charge < -0.3 is 25.0 Å². The van der Waals surface area contributed by atoms with E-state index in [0.29, 0.717) is 42.0 Å². The van der Waals surface area contributed by atoms with Crippen molar-refractivity contribution in [3.05, 3.63) is 42.5 Å². The van der Waals surface area contributed by atoms with Crippen LogP contribution in [0, 0.1) is 0 Å². The SMILES string of the molecule is CCOCCCNC(=S)Nc1cc(S(=O)(=O)Nc2ccc(OC)cc2)ccc1N1CCCC1. The van der Waals surface area contributed by atoms with Gasteiger partial charge in [-0.1, -0.05) is 0 Å². The van der Waals surface area contributed by atoms with Crippen molar-refractivity contribution in [1.29, 1.82) is 0 Å². The fourth-order valence-electron chi connectivity index (χ4n) is 3.58. The highest BCUT2D eigenvalue weighted by Crippen LogP contribution is 2.32. The van der Waals surface area contributed by atoms with Crippen molar-refractivity contribution in [3.8, 4) is 5.75 Å². The molecular formula is C23H32N4O4S2. The first-order chi connectivity index (χ1) is 15.9. The van der Waals surface area contributed by atoms with E-state index in [1.807, 2.05) is 13.0 Å². The minimum Gasteiger partial charge on any atom is -0.497 e. The maximum Gasteiger partial charge on any atom is 0.261 e. The summed E-state index contributed by atoms with van der Waals surface area (Å²) in [6.07, 6.45) is 3.05. The molecule has 0 unspecified atom stereocenters. The Morgan fingerprint density at radius 2 is 1.85 bits per heavy atom. The molecule has 0 atom stereocenters. The Balaban J connectivity index is 1.77. The van der Waals surface area contributed by atoms with Gasteiger partial charge >= 0.3 is 0 Å². The third kappa shape index (κ3) is 7.21. The normalized spacial score (nSPS) is 13.6. The average Bonchev–Trinajstić information content (AvgIpc) is 3.34. The van der Waals surface area contributed by atoms with Crippen LogP contribution in [0.15, 0.2) is 47.4 Å². The highest BCUT2D eigenvalue weighted by atomic mass is 32.2. The zero-order valence-corrected chi connectivity index (χ0v) is 20.7. The molecule has 2 aromatic rings. The highest BCUT2D eigenvalue weighted by molar-refractivity contribution is 7.92. The number of anilines is 3. The van der Waals surface area contributed by atoms with Crippen LogP contribution in [-0.4, -0.2) is 53.5 Å². The molecule has 0 amide bonds. The second-order valence-corrected chi connectivity index (χ2v) is 9.73. The Kier molecular flexibility index (Phi) is 9.16. The molecule has 3 rings (SSSR count). The fraction of sp³-hybridized carbons (Fsp3) is 0.435. The lowest BCUT2D eigenvalue weighted by molar-refractivity contribution is 0.146. The fourth-order valence-corrected chi connectivity index (χ4v) is 4.87. The number of sulfonamides is 1. The maximum absolute atomic E-state index is 13.1. The highest BCUT2D eigenvalue weighted by Gasteiger charge is 2.21. The molecule has 3 N–H and O–H groups in total. The second kappa shape index (κ2) is 12.1. The summed E-state index contributed by atoms with van der Waals surface area (Å²) in [6, 6.07) is 11.8. The summed E-state index contributed by atoms with van der Waals surface area (Å²) in [4.78, 5) is 2.40. The summed E-state index contributed by atoms with van der Waals surface area (Å²) in [5, 5.41) is 6.81. The number of nitrogens with one attached hydrogen (secondary N) is 3. The first kappa shape index (κ1) is 25.1. The van der Waals surface area contributed by atoms with Crippen LogP contribution in [0.25, 0.3) is 0 Å². The Labute approximate surface area is 201 Å². The summed E-state index contributed by atoms with van der Waals surface area (Å²) < 4.78 is 39.2. The van der Waals surface area contributed by atoms with E-state index in [-0.39, 0.29) is 4.90 Å². The quantitative estimate of drug-likeness (QED) is 0.322. The molecule has 0 spiro atoms. The molecule has 0 aromatic heterocycles. The zero-order chi connectivity index (χ0) is 23.7. The molecule has 0 saturated carbocycles. The van der Waals surface area contributed by atoms with Gasteiger partial charge in [0, 0.05) is 38.5 Å². The van der Waals surface area contributed by atoms with Gasteiger partial charge in [-0.2, -0.15) is 0 Å². The summed E-state index contributed by atoms with van der Waals surface area (Å²) in [6.45, 7) is 5.84. The molecular weight excluding hydrogens is 460 g/mol. The molecule has 0 radical (unpaired) electrons. The van der Waals surface area contributed by atoms with Crippen LogP contribution in [0.2, 0.25) is 0 Å². The molecule has 33 heavy (non-hydrogen) atoms. The number of nitrogens with zero attached hydrogens (tertiary/aromatic N) is 1.